The number of piperidine rings is 1. The summed E-state index contributed by atoms with van der Waals surface area (Å²) in [6.07, 6.45) is 7.23. The van der Waals surface area contributed by atoms with E-state index in [0.717, 1.165) is 66.2 Å². The Morgan fingerprint density at radius 3 is 2.37 bits per heavy atom. The Hall–Kier alpha value is -4.66. The number of nitrogens with one attached hydrogen (secondary N) is 2. The number of oxazole rings is 1. The minimum Gasteiger partial charge on any atom is -0.480 e. The van der Waals surface area contributed by atoms with Gasteiger partial charge in [0, 0.05) is 49.1 Å². The summed E-state index contributed by atoms with van der Waals surface area (Å²) in [7, 11) is 0. The van der Waals surface area contributed by atoms with Crippen molar-refractivity contribution >= 4 is 23.4 Å². The third-order valence-corrected chi connectivity index (χ3v) is 7.64. The number of anilines is 2. The summed E-state index contributed by atoms with van der Waals surface area (Å²) in [6.45, 7) is 6.49. The van der Waals surface area contributed by atoms with Crippen LogP contribution in [0.3, 0.4) is 0 Å². The average molecular weight is 554 g/mol. The molecule has 1 fully saturated rings. The van der Waals surface area contributed by atoms with E-state index < -0.39 is 17.9 Å². The normalized spacial score (nSPS) is 14.4. The van der Waals surface area contributed by atoms with E-state index in [0.29, 0.717) is 17.4 Å². The van der Waals surface area contributed by atoms with Crippen LogP contribution in [0.15, 0.2) is 77.7 Å². The molecule has 0 aliphatic carbocycles. The highest BCUT2D eigenvalue weighted by Crippen LogP contribution is 2.26. The van der Waals surface area contributed by atoms with E-state index in [1.165, 1.54) is 6.26 Å². The Bertz CT molecular complexity index is 1440. The van der Waals surface area contributed by atoms with Gasteiger partial charge in [0.25, 0.3) is 5.91 Å². The second-order valence-corrected chi connectivity index (χ2v) is 10.6. The van der Waals surface area contributed by atoms with Gasteiger partial charge in [0.2, 0.25) is 5.89 Å². The minimum atomic E-state index is -1.07. The number of benzene rings is 2. The molecule has 0 spiro atoms. The summed E-state index contributed by atoms with van der Waals surface area (Å²) in [6, 6.07) is 16.5. The number of carbonyl (C=O) groups is 2. The van der Waals surface area contributed by atoms with Gasteiger partial charge in [-0.15, -0.1) is 0 Å². The zero-order valence-electron chi connectivity index (χ0n) is 23.3. The van der Waals surface area contributed by atoms with Crippen molar-refractivity contribution in [1.29, 1.82) is 0 Å². The van der Waals surface area contributed by atoms with Crippen LogP contribution in [-0.4, -0.2) is 52.6 Å². The van der Waals surface area contributed by atoms with Gasteiger partial charge in [0.15, 0.2) is 0 Å². The SMILES string of the molecule is Cc1cc(-c2ncco2)cc(C)c1C(=O)NC(Cc1ccc(N2CCC(CNc3ccccn3)CC2)cc1)C(=O)O. The predicted octanol–water partition coefficient (Wildman–Crippen LogP) is 5.11. The molecule has 2 aromatic heterocycles. The molecule has 3 N–H and O–H groups in total. The van der Waals surface area contributed by atoms with Gasteiger partial charge in [-0.1, -0.05) is 18.2 Å². The summed E-state index contributed by atoms with van der Waals surface area (Å²) in [4.78, 5) is 36.1. The number of aryl methyl sites for hydroxylation is 2. The molecule has 1 atom stereocenters. The van der Waals surface area contributed by atoms with E-state index >= 15 is 0 Å². The van der Waals surface area contributed by atoms with Crippen LogP contribution >= 0.6 is 0 Å². The number of carboxylic acids is 1. The standard InChI is InChI=1S/C32H35N5O4/c1-21-17-25(31-34-13-16-41-31)18-22(2)29(21)30(38)36-27(32(39)40)19-23-6-8-26(9-7-23)37-14-10-24(11-15-37)20-35-28-5-3-4-12-33-28/h3-9,12-13,16-18,24,27H,10-11,14-15,19-20H2,1-2H3,(H,33,35)(H,36,38)(H,39,40). The highest BCUT2D eigenvalue weighted by atomic mass is 16.4. The van der Waals surface area contributed by atoms with Crippen LogP contribution < -0.4 is 15.5 Å². The lowest BCUT2D eigenvalue weighted by atomic mass is 9.96. The molecule has 4 aromatic rings. The minimum absolute atomic E-state index is 0.190. The highest BCUT2D eigenvalue weighted by molar-refractivity contribution is 5.99. The van der Waals surface area contributed by atoms with Crippen LogP contribution in [0.25, 0.3) is 11.5 Å². The van der Waals surface area contributed by atoms with E-state index in [9.17, 15) is 14.7 Å². The maximum Gasteiger partial charge on any atom is 0.326 e. The molecule has 1 saturated heterocycles. The number of aliphatic carboxylic acids is 1. The fraction of sp³-hybridized carbons (Fsp3) is 0.312. The molecule has 9 heteroatoms. The Morgan fingerprint density at radius 1 is 1.02 bits per heavy atom. The van der Waals surface area contributed by atoms with Crippen molar-refractivity contribution in [3.63, 3.8) is 0 Å². The molecule has 3 heterocycles. The quantitative estimate of drug-likeness (QED) is 0.248. The molecule has 1 amide bonds. The van der Waals surface area contributed by atoms with Gasteiger partial charge in [-0.25, -0.2) is 14.8 Å². The number of carboxylic acid groups (broad SMARTS) is 1. The summed E-state index contributed by atoms with van der Waals surface area (Å²) in [5, 5.41) is 16.0. The maximum absolute atomic E-state index is 13.2. The second-order valence-electron chi connectivity index (χ2n) is 10.6. The molecule has 212 valence electrons. The number of pyridine rings is 1. The Labute approximate surface area is 239 Å². The lowest BCUT2D eigenvalue weighted by molar-refractivity contribution is -0.139. The molecule has 1 aliphatic heterocycles. The van der Waals surface area contributed by atoms with Crippen LogP contribution in [0, 0.1) is 19.8 Å². The molecular weight excluding hydrogens is 518 g/mol. The number of rotatable bonds is 10. The Balaban J connectivity index is 1.16. The zero-order valence-corrected chi connectivity index (χ0v) is 23.3. The molecule has 41 heavy (non-hydrogen) atoms. The average Bonchev–Trinajstić information content (AvgIpc) is 3.52. The first kappa shape index (κ1) is 27.9. The first-order chi connectivity index (χ1) is 19.9. The Morgan fingerprint density at radius 2 is 1.76 bits per heavy atom. The van der Waals surface area contributed by atoms with Gasteiger partial charge in [0.1, 0.15) is 18.1 Å². The van der Waals surface area contributed by atoms with Crippen LogP contribution in [0.5, 0.6) is 0 Å². The van der Waals surface area contributed by atoms with Crippen molar-refractivity contribution in [2.24, 2.45) is 5.92 Å². The van der Waals surface area contributed by atoms with E-state index in [2.05, 4.69) is 25.5 Å². The van der Waals surface area contributed by atoms with Crippen molar-refractivity contribution < 1.29 is 19.1 Å². The third-order valence-electron chi connectivity index (χ3n) is 7.64. The molecule has 1 aliphatic rings. The molecule has 9 nitrogen and oxygen atoms in total. The van der Waals surface area contributed by atoms with Gasteiger partial charge in [0.05, 0.1) is 6.20 Å². The number of hydrogen-bond acceptors (Lipinski definition) is 7. The van der Waals surface area contributed by atoms with Gasteiger partial charge in [-0.3, -0.25) is 4.79 Å². The monoisotopic (exact) mass is 553 g/mol. The smallest absolute Gasteiger partial charge is 0.326 e. The zero-order chi connectivity index (χ0) is 28.8. The summed E-state index contributed by atoms with van der Waals surface area (Å²) in [5.74, 6) is 0.487. The number of amides is 1. The number of carbonyl (C=O) groups excluding carboxylic acids is 1. The third kappa shape index (κ3) is 6.92. The van der Waals surface area contributed by atoms with E-state index in [1.807, 2.05) is 68.4 Å². The number of nitrogens with zero attached hydrogens (tertiary/aromatic N) is 3. The van der Waals surface area contributed by atoms with E-state index in [-0.39, 0.29) is 6.42 Å². The van der Waals surface area contributed by atoms with Gasteiger partial charge in [-0.2, -0.15) is 0 Å². The summed E-state index contributed by atoms with van der Waals surface area (Å²) >= 11 is 0. The number of aromatic nitrogens is 2. The predicted molar refractivity (Wildman–Crippen MR) is 158 cm³/mol. The van der Waals surface area contributed by atoms with E-state index in [4.69, 9.17) is 4.42 Å². The topological polar surface area (TPSA) is 121 Å². The largest absolute Gasteiger partial charge is 0.480 e. The lowest BCUT2D eigenvalue weighted by Gasteiger charge is -2.34. The molecule has 5 rings (SSSR count). The van der Waals surface area contributed by atoms with Crippen LogP contribution in [0.2, 0.25) is 0 Å². The first-order valence-corrected chi connectivity index (χ1v) is 13.9. The van der Waals surface area contributed by atoms with Gasteiger partial charge >= 0.3 is 5.97 Å². The maximum atomic E-state index is 13.2. The molecule has 1 unspecified atom stereocenters. The molecule has 0 saturated carbocycles. The summed E-state index contributed by atoms with van der Waals surface area (Å²) in [5.41, 5.74) is 4.64. The second kappa shape index (κ2) is 12.7. The first-order valence-electron chi connectivity index (χ1n) is 13.9. The molecule has 0 bridgehead atoms. The van der Waals surface area contributed by atoms with Crippen molar-refractivity contribution in [3.05, 3.63) is 95.5 Å². The van der Waals surface area contributed by atoms with Crippen molar-refractivity contribution in [3.8, 4) is 11.5 Å². The highest BCUT2D eigenvalue weighted by Gasteiger charge is 2.24. The molecular formula is C32H35N5O4. The van der Waals surface area contributed by atoms with Crippen molar-refractivity contribution in [1.82, 2.24) is 15.3 Å². The Kier molecular flexibility index (Phi) is 8.62. The van der Waals surface area contributed by atoms with Crippen molar-refractivity contribution in [2.45, 2.75) is 39.2 Å². The van der Waals surface area contributed by atoms with Gasteiger partial charge in [-0.05, 0) is 85.7 Å². The fourth-order valence-electron chi connectivity index (χ4n) is 5.43. The van der Waals surface area contributed by atoms with E-state index in [1.54, 1.807) is 12.4 Å². The molecule has 2 aromatic carbocycles. The fourth-order valence-corrected chi connectivity index (χ4v) is 5.43. The van der Waals surface area contributed by atoms with Gasteiger partial charge < -0.3 is 25.1 Å². The molecule has 0 radical (unpaired) electrons. The van der Waals surface area contributed by atoms with Crippen LogP contribution in [-0.2, 0) is 11.2 Å². The van der Waals surface area contributed by atoms with Crippen LogP contribution in [0.1, 0.15) is 39.9 Å². The summed E-state index contributed by atoms with van der Waals surface area (Å²) < 4.78 is 5.37. The van der Waals surface area contributed by atoms with Crippen LogP contribution in [0.4, 0.5) is 11.5 Å². The van der Waals surface area contributed by atoms with Crippen molar-refractivity contribution in [2.75, 3.05) is 29.9 Å². The lowest BCUT2D eigenvalue weighted by Crippen LogP contribution is -2.42. The number of hydrogen-bond donors (Lipinski definition) is 3.